The molecule has 1 aromatic heterocycles. The number of nitrogens with zero attached hydrogens (tertiary/aromatic N) is 1. The molecule has 0 N–H and O–H groups in total. The third-order valence-corrected chi connectivity index (χ3v) is 2.87. The van der Waals surface area contributed by atoms with Gasteiger partial charge in [-0.2, -0.15) is 0 Å². The maximum absolute atomic E-state index is 4.15. The molecule has 0 atom stereocenters. The van der Waals surface area contributed by atoms with E-state index in [2.05, 4.69) is 43.8 Å². The van der Waals surface area contributed by atoms with Crippen molar-refractivity contribution in [3.8, 4) is 0 Å². The molecule has 0 saturated carbocycles. The third-order valence-electron chi connectivity index (χ3n) is 1.45. The van der Waals surface area contributed by atoms with Crippen molar-refractivity contribution in [2.75, 3.05) is 0 Å². The first kappa shape index (κ1) is 9.20. The fourth-order valence-electron chi connectivity index (χ4n) is 0.918. The Labute approximate surface area is 83.5 Å². The maximum atomic E-state index is 4.15. The normalized spacial score (nSPS) is 10.1. The second kappa shape index (κ2) is 4.21. The van der Waals surface area contributed by atoms with E-state index < -0.39 is 0 Å². The Bertz CT molecular complexity index is 228. The monoisotopic (exact) mass is 277 g/mol. The molecule has 3 heteroatoms. The van der Waals surface area contributed by atoms with Crippen LogP contribution in [0, 0.1) is 0 Å². The highest BCUT2D eigenvalue weighted by Gasteiger charge is 2.02. The molecule has 0 aliphatic carbocycles. The van der Waals surface area contributed by atoms with Gasteiger partial charge in [0.1, 0.15) is 4.60 Å². The van der Waals surface area contributed by atoms with Crippen molar-refractivity contribution < 1.29 is 0 Å². The number of pyridine rings is 1. The quantitative estimate of drug-likeness (QED) is 0.754. The number of aromatic nitrogens is 1. The molecule has 0 amide bonds. The number of hydrogen-bond acceptors (Lipinski definition) is 1. The Kier molecular flexibility index (Phi) is 3.52. The van der Waals surface area contributed by atoms with Crippen molar-refractivity contribution in [2.45, 2.75) is 19.8 Å². The van der Waals surface area contributed by atoms with Gasteiger partial charge in [0.2, 0.25) is 0 Å². The Morgan fingerprint density at radius 1 is 1.45 bits per heavy atom. The zero-order chi connectivity index (χ0) is 8.27. The first-order chi connectivity index (χ1) is 5.25. The number of rotatable bonds is 2. The molecule has 0 aliphatic rings. The molecule has 0 spiro atoms. The van der Waals surface area contributed by atoms with Gasteiger partial charge in [-0.05, 0) is 34.0 Å². The van der Waals surface area contributed by atoms with E-state index in [9.17, 15) is 0 Å². The van der Waals surface area contributed by atoms with Crippen molar-refractivity contribution in [3.63, 3.8) is 0 Å². The average Bonchev–Trinajstić information content (AvgIpc) is 1.97. The van der Waals surface area contributed by atoms with E-state index in [4.69, 9.17) is 0 Å². The second-order valence-electron chi connectivity index (χ2n) is 2.31. The summed E-state index contributed by atoms with van der Waals surface area (Å²) < 4.78 is 2.09. The van der Waals surface area contributed by atoms with Crippen LogP contribution in [0.1, 0.15) is 18.9 Å². The lowest BCUT2D eigenvalue weighted by molar-refractivity contribution is 0.900. The molecule has 11 heavy (non-hydrogen) atoms. The lowest BCUT2D eigenvalue weighted by Crippen LogP contribution is -1.89. The molecular formula is C8H9Br2N. The highest BCUT2D eigenvalue weighted by atomic mass is 79.9. The van der Waals surface area contributed by atoms with Crippen LogP contribution in [0.25, 0.3) is 0 Å². The van der Waals surface area contributed by atoms with Crippen molar-refractivity contribution >= 4 is 31.9 Å². The predicted molar refractivity (Wildman–Crippen MR) is 53.6 cm³/mol. The summed E-state index contributed by atoms with van der Waals surface area (Å²) in [6.07, 6.45) is 3.99. The van der Waals surface area contributed by atoms with Gasteiger partial charge in [-0.15, -0.1) is 0 Å². The third kappa shape index (κ3) is 2.27. The smallest absolute Gasteiger partial charge is 0.110 e. The van der Waals surface area contributed by atoms with Crippen molar-refractivity contribution in [3.05, 3.63) is 26.9 Å². The standard InChI is InChI=1S/C8H9Br2N/c1-2-3-6-7(9)4-5-11-8(6)10/h4-5H,2-3H2,1H3. The summed E-state index contributed by atoms with van der Waals surface area (Å²) in [5.41, 5.74) is 1.26. The zero-order valence-corrected chi connectivity index (χ0v) is 9.44. The summed E-state index contributed by atoms with van der Waals surface area (Å²) in [6, 6.07) is 1.97. The van der Waals surface area contributed by atoms with E-state index in [-0.39, 0.29) is 0 Å². The minimum atomic E-state index is 0.953. The molecule has 1 rings (SSSR count). The minimum Gasteiger partial charge on any atom is -0.249 e. The van der Waals surface area contributed by atoms with Gasteiger partial charge >= 0.3 is 0 Å². The first-order valence-electron chi connectivity index (χ1n) is 3.54. The van der Waals surface area contributed by atoms with Crippen LogP contribution in [-0.2, 0) is 6.42 Å². The highest BCUT2D eigenvalue weighted by molar-refractivity contribution is 9.11. The highest BCUT2D eigenvalue weighted by Crippen LogP contribution is 2.23. The molecule has 1 aromatic rings. The summed E-state index contributed by atoms with van der Waals surface area (Å²) in [7, 11) is 0. The Morgan fingerprint density at radius 3 is 2.73 bits per heavy atom. The number of halogens is 2. The molecule has 60 valence electrons. The van der Waals surface area contributed by atoms with Gasteiger partial charge in [0.15, 0.2) is 0 Å². The van der Waals surface area contributed by atoms with E-state index in [1.807, 2.05) is 6.07 Å². The molecule has 0 bridgehead atoms. The molecule has 0 aromatic carbocycles. The van der Waals surface area contributed by atoms with Gasteiger partial charge in [0.25, 0.3) is 0 Å². The molecule has 1 heterocycles. The molecule has 1 nitrogen and oxygen atoms in total. The molecular weight excluding hydrogens is 270 g/mol. The lowest BCUT2D eigenvalue weighted by atomic mass is 10.2. The van der Waals surface area contributed by atoms with E-state index in [1.165, 1.54) is 5.56 Å². The Morgan fingerprint density at radius 2 is 2.18 bits per heavy atom. The van der Waals surface area contributed by atoms with Gasteiger partial charge < -0.3 is 0 Å². The fraction of sp³-hybridized carbons (Fsp3) is 0.375. The zero-order valence-electron chi connectivity index (χ0n) is 6.27. The summed E-state index contributed by atoms with van der Waals surface area (Å²) in [5.74, 6) is 0. The van der Waals surface area contributed by atoms with Crippen molar-refractivity contribution in [2.24, 2.45) is 0 Å². The van der Waals surface area contributed by atoms with E-state index in [1.54, 1.807) is 6.20 Å². The average molecular weight is 279 g/mol. The van der Waals surface area contributed by atoms with E-state index in [0.717, 1.165) is 21.9 Å². The van der Waals surface area contributed by atoms with Crippen LogP contribution in [0.2, 0.25) is 0 Å². The van der Waals surface area contributed by atoms with Crippen LogP contribution in [0.3, 0.4) is 0 Å². The van der Waals surface area contributed by atoms with Crippen molar-refractivity contribution in [1.29, 1.82) is 0 Å². The predicted octanol–water partition coefficient (Wildman–Crippen LogP) is 3.56. The van der Waals surface area contributed by atoms with Crippen molar-refractivity contribution in [1.82, 2.24) is 4.98 Å². The van der Waals surface area contributed by atoms with Crippen LogP contribution >= 0.6 is 31.9 Å². The molecule has 0 unspecified atom stereocenters. The van der Waals surface area contributed by atoms with E-state index in [0.29, 0.717) is 0 Å². The lowest BCUT2D eigenvalue weighted by Gasteiger charge is -2.03. The van der Waals surface area contributed by atoms with Crippen LogP contribution in [0.15, 0.2) is 21.3 Å². The van der Waals surface area contributed by atoms with Crippen LogP contribution < -0.4 is 0 Å². The topological polar surface area (TPSA) is 12.9 Å². The minimum absolute atomic E-state index is 0.953. The van der Waals surface area contributed by atoms with E-state index >= 15 is 0 Å². The summed E-state index contributed by atoms with van der Waals surface area (Å²) in [5, 5.41) is 0. The van der Waals surface area contributed by atoms with Crippen LogP contribution in [-0.4, -0.2) is 4.98 Å². The fourth-order valence-corrected chi connectivity index (χ4v) is 2.22. The summed E-state index contributed by atoms with van der Waals surface area (Å²) in [6.45, 7) is 2.16. The Balaban J connectivity index is 3.00. The number of hydrogen-bond donors (Lipinski definition) is 0. The van der Waals surface area contributed by atoms with Gasteiger partial charge in [-0.25, -0.2) is 4.98 Å². The van der Waals surface area contributed by atoms with Crippen LogP contribution in [0.5, 0.6) is 0 Å². The SMILES string of the molecule is CCCc1c(Br)ccnc1Br. The molecule has 0 aliphatic heterocycles. The molecule has 0 radical (unpaired) electrons. The Hall–Kier alpha value is 0.110. The second-order valence-corrected chi connectivity index (χ2v) is 3.92. The first-order valence-corrected chi connectivity index (χ1v) is 5.13. The summed E-state index contributed by atoms with van der Waals surface area (Å²) >= 11 is 6.89. The largest absolute Gasteiger partial charge is 0.249 e. The van der Waals surface area contributed by atoms with Gasteiger partial charge in [-0.1, -0.05) is 29.3 Å². The van der Waals surface area contributed by atoms with Crippen LogP contribution in [0.4, 0.5) is 0 Å². The molecule has 0 fully saturated rings. The van der Waals surface area contributed by atoms with Gasteiger partial charge in [0.05, 0.1) is 0 Å². The summed E-state index contributed by atoms with van der Waals surface area (Å²) in [4.78, 5) is 4.15. The molecule has 0 saturated heterocycles. The van der Waals surface area contributed by atoms with Gasteiger partial charge in [0, 0.05) is 10.7 Å². The maximum Gasteiger partial charge on any atom is 0.110 e. The van der Waals surface area contributed by atoms with Gasteiger partial charge in [-0.3, -0.25) is 0 Å².